The van der Waals surface area contributed by atoms with Gasteiger partial charge >= 0.3 is 0 Å². The minimum atomic E-state index is -1.09. The van der Waals surface area contributed by atoms with Gasteiger partial charge in [-0.25, -0.2) is 0 Å². The number of aromatic amines is 1. The summed E-state index contributed by atoms with van der Waals surface area (Å²) in [6, 6.07) is 11.1. The highest BCUT2D eigenvalue weighted by molar-refractivity contribution is 7.22. The van der Waals surface area contributed by atoms with Crippen molar-refractivity contribution in [1.29, 1.82) is 0 Å². The average Bonchev–Trinajstić information content (AvgIpc) is 3.30. The van der Waals surface area contributed by atoms with Gasteiger partial charge in [0.1, 0.15) is 10.9 Å². The van der Waals surface area contributed by atoms with Crippen molar-refractivity contribution >= 4 is 45.0 Å². The van der Waals surface area contributed by atoms with E-state index in [0.29, 0.717) is 10.8 Å². The van der Waals surface area contributed by atoms with Crippen molar-refractivity contribution in [3.8, 4) is 0 Å². The number of carbonyl (C=O) groups excluding carboxylic acids is 2. The fourth-order valence-electron chi connectivity index (χ4n) is 4.09. The van der Waals surface area contributed by atoms with E-state index in [1.807, 2.05) is 36.4 Å². The Kier molecular flexibility index (Phi) is 5.38. The monoisotopic (exact) mass is 431 g/mol. The molecular weight excluding hydrogens is 410 g/mol. The van der Waals surface area contributed by atoms with Crippen LogP contribution in [0.4, 0.5) is 0 Å². The average molecular weight is 432 g/mol. The van der Waals surface area contributed by atoms with E-state index in [1.165, 1.54) is 23.2 Å². The maximum absolute atomic E-state index is 12.8. The number of aliphatic hydroxyl groups excluding tert-OH is 1. The SMILES string of the molecule is C[C@H](O)C(=O)N(C)[C@@H]1c2ccccc2C[C@H]1NC(=O)Cc1cc2cc(Cl)sc2[nH]1. The summed E-state index contributed by atoms with van der Waals surface area (Å²) in [5.74, 6) is -0.488. The summed E-state index contributed by atoms with van der Waals surface area (Å²) in [4.78, 5) is 30.9. The molecule has 152 valence electrons. The predicted octanol–water partition coefficient (Wildman–Crippen LogP) is 3.05. The minimum Gasteiger partial charge on any atom is -0.384 e. The van der Waals surface area contributed by atoms with Gasteiger partial charge in [0.25, 0.3) is 5.91 Å². The van der Waals surface area contributed by atoms with Gasteiger partial charge in [-0.3, -0.25) is 9.59 Å². The van der Waals surface area contributed by atoms with E-state index in [2.05, 4.69) is 10.3 Å². The van der Waals surface area contributed by atoms with Crippen molar-refractivity contribution in [1.82, 2.24) is 15.2 Å². The smallest absolute Gasteiger partial charge is 0.251 e. The summed E-state index contributed by atoms with van der Waals surface area (Å²) in [5.41, 5.74) is 2.92. The molecule has 3 aromatic rings. The Hall–Kier alpha value is -2.35. The number of aromatic nitrogens is 1. The first-order chi connectivity index (χ1) is 13.8. The van der Waals surface area contributed by atoms with E-state index in [1.54, 1.807) is 7.05 Å². The summed E-state index contributed by atoms with van der Waals surface area (Å²) in [6.07, 6.45) is -0.241. The van der Waals surface area contributed by atoms with Crippen LogP contribution in [0.2, 0.25) is 4.34 Å². The second-order valence-corrected chi connectivity index (χ2v) is 9.14. The Balaban J connectivity index is 1.51. The van der Waals surface area contributed by atoms with Crippen LogP contribution in [0.1, 0.15) is 29.8 Å². The van der Waals surface area contributed by atoms with Crippen LogP contribution in [0, 0.1) is 0 Å². The second kappa shape index (κ2) is 7.82. The van der Waals surface area contributed by atoms with Crippen molar-refractivity contribution in [2.45, 2.75) is 38.0 Å². The van der Waals surface area contributed by atoms with Gasteiger partial charge in [0.2, 0.25) is 5.91 Å². The maximum Gasteiger partial charge on any atom is 0.251 e. The summed E-state index contributed by atoms with van der Waals surface area (Å²) >= 11 is 7.45. The van der Waals surface area contributed by atoms with Crippen LogP contribution < -0.4 is 5.32 Å². The number of thiophene rings is 1. The zero-order chi connectivity index (χ0) is 20.7. The van der Waals surface area contributed by atoms with Crippen molar-refractivity contribution in [2.75, 3.05) is 7.05 Å². The number of rotatable bonds is 5. The molecular formula is C21H22ClN3O3S. The molecule has 29 heavy (non-hydrogen) atoms. The summed E-state index contributed by atoms with van der Waals surface area (Å²) in [6.45, 7) is 1.45. The van der Waals surface area contributed by atoms with Crippen LogP contribution >= 0.6 is 22.9 Å². The Morgan fingerprint density at radius 1 is 1.38 bits per heavy atom. The second-order valence-electron chi connectivity index (χ2n) is 7.45. The number of halogens is 1. The fraction of sp³-hybridized carbons (Fsp3) is 0.333. The molecule has 3 N–H and O–H groups in total. The lowest BCUT2D eigenvalue weighted by Crippen LogP contribution is -2.47. The van der Waals surface area contributed by atoms with Crippen molar-refractivity contribution in [3.05, 3.63) is 57.6 Å². The van der Waals surface area contributed by atoms with Crippen molar-refractivity contribution < 1.29 is 14.7 Å². The van der Waals surface area contributed by atoms with Crippen LogP contribution in [0.25, 0.3) is 10.2 Å². The number of hydrogen-bond donors (Lipinski definition) is 3. The molecule has 1 aliphatic rings. The van der Waals surface area contributed by atoms with Gasteiger partial charge in [-0.15, -0.1) is 11.3 Å². The number of nitrogens with zero attached hydrogens (tertiary/aromatic N) is 1. The number of fused-ring (bicyclic) bond motifs is 2. The highest BCUT2D eigenvalue weighted by Gasteiger charge is 2.38. The number of amides is 2. The Morgan fingerprint density at radius 2 is 2.14 bits per heavy atom. The molecule has 0 bridgehead atoms. The molecule has 2 aromatic heterocycles. The van der Waals surface area contributed by atoms with Crippen LogP contribution in [0.15, 0.2) is 36.4 Å². The Labute approximate surface area is 177 Å². The molecule has 4 rings (SSSR count). The highest BCUT2D eigenvalue weighted by atomic mass is 35.5. The van der Waals surface area contributed by atoms with Crippen LogP contribution in [0.5, 0.6) is 0 Å². The fourth-order valence-corrected chi connectivity index (χ4v) is 5.24. The molecule has 0 saturated carbocycles. The van der Waals surface area contributed by atoms with E-state index >= 15 is 0 Å². The third kappa shape index (κ3) is 3.90. The first kappa shape index (κ1) is 19.9. The molecule has 0 saturated heterocycles. The molecule has 0 unspecified atom stereocenters. The first-order valence-electron chi connectivity index (χ1n) is 9.42. The van der Waals surface area contributed by atoms with Gasteiger partial charge in [0, 0.05) is 18.1 Å². The van der Waals surface area contributed by atoms with Crippen LogP contribution in [0.3, 0.4) is 0 Å². The number of hydrogen-bond acceptors (Lipinski definition) is 4. The van der Waals surface area contributed by atoms with Crippen molar-refractivity contribution in [3.63, 3.8) is 0 Å². The topological polar surface area (TPSA) is 85.4 Å². The minimum absolute atomic E-state index is 0.120. The number of H-pyrrole nitrogens is 1. The third-order valence-corrected chi connectivity index (χ3v) is 6.54. The first-order valence-corrected chi connectivity index (χ1v) is 10.6. The van der Waals surface area contributed by atoms with Gasteiger partial charge in [-0.1, -0.05) is 35.9 Å². The van der Waals surface area contributed by atoms with Gasteiger partial charge in [-0.2, -0.15) is 0 Å². The van der Waals surface area contributed by atoms with Gasteiger partial charge in [-0.05, 0) is 36.6 Å². The summed E-state index contributed by atoms with van der Waals surface area (Å²) in [7, 11) is 1.67. The Morgan fingerprint density at radius 3 is 2.86 bits per heavy atom. The van der Waals surface area contributed by atoms with Gasteiger partial charge in [0.15, 0.2) is 0 Å². The van der Waals surface area contributed by atoms with Crippen molar-refractivity contribution in [2.24, 2.45) is 0 Å². The molecule has 8 heteroatoms. The Bertz CT molecular complexity index is 1040. The number of nitrogens with one attached hydrogen (secondary N) is 2. The van der Waals surface area contributed by atoms with E-state index in [-0.39, 0.29) is 30.3 Å². The van der Waals surface area contributed by atoms with E-state index in [4.69, 9.17) is 11.6 Å². The number of carbonyl (C=O) groups is 2. The molecule has 3 atom stereocenters. The quantitative estimate of drug-likeness (QED) is 0.580. The molecule has 0 radical (unpaired) electrons. The molecule has 1 aromatic carbocycles. The molecule has 2 heterocycles. The molecule has 1 aliphatic carbocycles. The molecule has 0 fully saturated rings. The summed E-state index contributed by atoms with van der Waals surface area (Å²) in [5, 5.41) is 13.8. The normalized spacial score (nSPS) is 19.2. The largest absolute Gasteiger partial charge is 0.384 e. The van der Waals surface area contributed by atoms with Gasteiger partial charge < -0.3 is 20.3 Å². The lowest BCUT2D eigenvalue weighted by Gasteiger charge is -2.32. The molecule has 6 nitrogen and oxygen atoms in total. The van der Waals surface area contributed by atoms with E-state index in [9.17, 15) is 14.7 Å². The zero-order valence-corrected chi connectivity index (χ0v) is 17.7. The highest BCUT2D eigenvalue weighted by Crippen LogP contribution is 2.36. The number of likely N-dealkylation sites (N-methyl/N-ethyl adjacent to an activating group) is 1. The molecule has 2 amide bonds. The standard InChI is InChI=1S/C21H22ClN3O3S/c1-11(26)21(28)25(2)19-15-6-4-3-5-12(15)8-16(19)24-18(27)10-14-7-13-9-17(22)29-20(13)23-14/h3-7,9,11,16,19,23,26H,8,10H2,1-2H3,(H,24,27)/t11-,16+,19+/m0/s1. The zero-order valence-electron chi connectivity index (χ0n) is 16.1. The van der Waals surface area contributed by atoms with Crippen LogP contribution in [-0.4, -0.2) is 46.0 Å². The molecule has 0 aliphatic heterocycles. The van der Waals surface area contributed by atoms with Gasteiger partial charge in [0.05, 0.1) is 22.8 Å². The number of aliphatic hydroxyl groups is 1. The van der Waals surface area contributed by atoms with E-state index < -0.39 is 6.10 Å². The lowest BCUT2D eigenvalue weighted by atomic mass is 10.0. The van der Waals surface area contributed by atoms with Crippen LogP contribution in [-0.2, 0) is 22.4 Å². The lowest BCUT2D eigenvalue weighted by molar-refractivity contribution is -0.141. The third-order valence-electron chi connectivity index (χ3n) is 5.35. The number of benzene rings is 1. The van der Waals surface area contributed by atoms with E-state index in [0.717, 1.165) is 27.0 Å². The molecule has 0 spiro atoms. The maximum atomic E-state index is 12.8. The summed E-state index contributed by atoms with van der Waals surface area (Å²) < 4.78 is 0.708. The predicted molar refractivity (Wildman–Crippen MR) is 114 cm³/mol.